The van der Waals surface area contributed by atoms with Gasteiger partial charge in [0.2, 0.25) is 0 Å². The molecule has 0 amide bonds. The number of aromatic nitrogens is 1. The van der Waals surface area contributed by atoms with E-state index in [1.54, 1.807) is 13.0 Å². The molecular weight excluding hydrogens is 511 g/mol. The van der Waals surface area contributed by atoms with Crippen molar-refractivity contribution >= 4 is 11.4 Å². The fraction of sp³-hybridized carbons (Fsp3) is 0.516. The predicted molar refractivity (Wildman–Crippen MR) is 152 cm³/mol. The highest BCUT2D eigenvalue weighted by Crippen LogP contribution is 2.48. The lowest BCUT2D eigenvalue weighted by Crippen LogP contribution is -2.46. The molecule has 4 aliphatic rings. The zero-order valence-electron chi connectivity index (χ0n) is 23.3. The van der Waals surface area contributed by atoms with Crippen LogP contribution in [-0.4, -0.2) is 62.5 Å². The van der Waals surface area contributed by atoms with Crippen LogP contribution in [0.5, 0.6) is 5.75 Å². The van der Waals surface area contributed by atoms with Crippen molar-refractivity contribution in [2.45, 2.75) is 77.7 Å². The van der Waals surface area contributed by atoms with E-state index < -0.39 is 0 Å². The lowest BCUT2D eigenvalue weighted by Gasteiger charge is -2.39. The van der Waals surface area contributed by atoms with Crippen LogP contribution in [-0.2, 0) is 19.8 Å². The van der Waals surface area contributed by atoms with Crippen molar-refractivity contribution < 1.29 is 24.8 Å². The molecule has 1 aromatic carbocycles. The Bertz CT molecular complexity index is 1370. The van der Waals surface area contributed by atoms with Crippen LogP contribution in [0.15, 0.2) is 35.2 Å². The maximum Gasteiger partial charge on any atom is 0.146 e. The van der Waals surface area contributed by atoms with Gasteiger partial charge in [0.25, 0.3) is 0 Å². The molecule has 9 heteroatoms. The molecule has 1 unspecified atom stereocenters. The topological polar surface area (TPSA) is 104 Å². The summed E-state index contributed by atoms with van der Waals surface area (Å²) in [6, 6.07) is 4.05. The minimum Gasteiger partial charge on any atom is -0.508 e. The molecule has 2 aliphatic heterocycles. The molecule has 214 valence electrons. The van der Waals surface area contributed by atoms with Crippen molar-refractivity contribution in [1.29, 1.82) is 0 Å². The summed E-state index contributed by atoms with van der Waals surface area (Å²) in [5.41, 5.74) is 6.47. The molecule has 1 atom stereocenters. The summed E-state index contributed by atoms with van der Waals surface area (Å²) in [6.45, 7) is 6.11. The van der Waals surface area contributed by atoms with Crippen LogP contribution >= 0.6 is 0 Å². The number of fused-ring (bicyclic) bond motifs is 1. The maximum atomic E-state index is 15.7. The molecule has 0 radical (unpaired) electrons. The second-order valence-electron chi connectivity index (χ2n) is 11.6. The van der Waals surface area contributed by atoms with Crippen molar-refractivity contribution in [3.05, 3.63) is 69.1 Å². The summed E-state index contributed by atoms with van der Waals surface area (Å²) < 4.78 is 15.7. The van der Waals surface area contributed by atoms with Crippen LogP contribution in [0.25, 0.3) is 0 Å². The zero-order valence-corrected chi connectivity index (χ0v) is 23.3. The van der Waals surface area contributed by atoms with Crippen molar-refractivity contribution in [3.63, 3.8) is 0 Å². The van der Waals surface area contributed by atoms with Gasteiger partial charge >= 0.3 is 0 Å². The Morgan fingerprint density at radius 3 is 2.35 bits per heavy atom. The molecular formula is C31H39FN4O4. The van der Waals surface area contributed by atoms with Crippen LogP contribution in [0.3, 0.4) is 0 Å². The number of allylic oxidation sites excluding steroid dienone is 2. The number of halogens is 1. The minimum absolute atomic E-state index is 0.0340. The molecule has 0 spiro atoms. The van der Waals surface area contributed by atoms with Gasteiger partial charge in [0, 0.05) is 67.7 Å². The Labute approximate surface area is 234 Å². The number of aromatic hydroxyl groups is 1. The number of benzene rings is 1. The predicted octanol–water partition coefficient (Wildman–Crippen LogP) is 4.51. The first-order valence-electron chi connectivity index (χ1n) is 14.4. The van der Waals surface area contributed by atoms with Crippen LogP contribution in [0.1, 0.15) is 73.0 Å². The molecule has 40 heavy (non-hydrogen) atoms. The third-order valence-corrected chi connectivity index (χ3v) is 9.14. The third-order valence-electron chi connectivity index (χ3n) is 9.14. The average Bonchev–Trinajstić information content (AvgIpc) is 3.76. The summed E-state index contributed by atoms with van der Waals surface area (Å²) in [4.78, 5) is 10.8. The van der Waals surface area contributed by atoms with Crippen LogP contribution < -0.4 is 9.80 Å². The molecule has 3 fully saturated rings. The lowest BCUT2D eigenvalue weighted by molar-refractivity contribution is 0.231. The molecule has 0 bridgehead atoms. The number of aliphatic hydroxyl groups is 3. The van der Waals surface area contributed by atoms with Gasteiger partial charge in [-0.25, -0.2) is 4.39 Å². The van der Waals surface area contributed by atoms with E-state index in [4.69, 9.17) is 0 Å². The van der Waals surface area contributed by atoms with Crippen molar-refractivity contribution in [2.75, 3.05) is 36.0 Å². The highest BCUT2D eigenvalue weighted by molar-refractivity contribution is 5.72. The SMILES string of the molecule is Cc1nc(CO)c(CN2CCN(c3cc4c(cc3F)C(C)C(C(O)=C3CCC3)=CN4C3CC3)CC2)c(CO)c1O. The Balaban J connectivity index is 1.22. The first-order chi connectivity index (χ1) is 19.3. The number of anilines is 2. The van der Waals surface area contributed by atoms with Crippen molar-refractivity contribution in [3.8, 4) is 5.75 Å². The Morgan fingerprint density at radius 1 is 1.02 bits per heavy atom. The second-order valence-corrected chi connectivity index (χ2v) is 11.6. The summed E-state index contributed by atoms with van der Waals surface area (Å²) in [5.74, 6) is 0.0406. The number of aliphatic hydroxyl groups excluding tert-OH is 3. The number of nitrogens with zero attached hydrogens (tertiary/aromatic N) is 4. The molecule has 1 saturated heterocycles. The number of pyridine rings is 1. The summed E-state index contributed by atoms with van der Waals surface area (Å²) >= 11 is 0. The van der Waals surface area contributed by atoms with Gasteiger partial charge in [-0.05, 0) is 67.9 Å². The number of rotatable bonds is 7. The average molecular weight is 551 g/mol. The van der Waals surface area contributed by atoms with Gasteiger partial charge in [0.15, 0.2) is 0 Å². The van der Waals surface area contributed by atoms with E-state index in [1.165, 1.54) is 0 Å². The molecule has 1 aromatic heterocycles. The monoisotopic (exact) mass is 550 g/mol. The number of aryl methyl sites for hydroxylation is 1. The van der Waals surface area contributed by atoms with Crippen molar-refractivity contribution in [2.24, 2.45) is 0 Å². The fourth-order valence-corrected chi connectivity index (χ4v) is 6.31. The molecule has 3 heterocycles. The normalized spacial score (nSPS) is 21.3. The van der Waals surface area contributed by atoms with Crippen molar-refractivity contribution in [1.82, 2.24) is 9.88 Å². The van der Waals surface area contributed by atoms with Gasteiger partial charge in [-0.1, -0.05) is 6.92 Å². The van der Waals surface area contributed by atoms with E-state index in [0.717, 1.165) is 54.5 Å². The van der Waals surface area contributed by atoms with E-state index in [0.29, 0.717) is 72.7 Å². The second kappa shape index (κ2) is 10.7. The fourth-order valence-electron chi connectivity index (χ4n) is 6.31. The smallest absolute Gasteiger partial charge is 0.146 e. The van der Waals surface area contributed by atoms with E-state index in [9.17, 15) is 20.4 Å². The number of piperazine rings is 1. The van der Waals surface area contributed by atoms with E-state index >= 15 is 4.39 Å². The molecule has 2 saturated carbocycles. The summed E-state index contributed by atoms with van der Waals surface area (Å²) in [6.07, 6.45) is 7.29. The van der Waals surface area contributed by atoms with Gasteiger partial charge in [0.1, 0.15) is 17.3 Å². The number of hydrogen-bond donors (Lipinski definition) is 4. The molecule has 6 rings (SSSR count). The molecule has 2 aromatic rings. The van der Waals surface area contributed by atoms with Gasteiger partial charge < -0.3 is 30.2 Å². The quantitative estimate of drug-likeness (QED) is 0.374. The number of hydrogen-bond acceptors (Lipinski definition) is 8. The highest BCUT2D eigenvalue weighted by atomic mass is 19.1. The minimum atomic E-state index is -0.335. The van der Waals surface area contributed by atoms with Gasteiger partial charge in [-0.15, -0.1) is 0 Å². The van der Waals surface area contributed by atoms with E-state index in [-0.39, 0.29) is 30.7 Å². The molecule has 2 aliphatic carbocycles. The van der Waals surface area contributed by atoms with Crippen LogP contribution in [0.4, 0.5) is 15.8 Å². The van der Waals surface area contributed by atoms with Crippen LogP contribution in [0, 0.1) is 12.7 Å². The van der Waals surface area contributed by atoms with Crippen LogP contribution in [0.2, 0.25) is 0 Å². The van der Waals surface area contributed by atoms with Gasteiger partial charge in [0.05, 0.1) is 30.3 Å². The Hall–Kier alpha value is -3.14. The van der Waals surface area contributed by atoms with Gasteiger partial charge in [-0.2, -0.15) is 0 Å². The summed E-state index contributed by atoms with van der Waals surface area (Å²) in [5, 5.41) is 41.2. The highest BCUT2D eigenvalue weighted by Gasteiger charge is 2.37. The van der Waals surface area contributed by atoms with E-state index in [1.807, 2.05) is 6.07 Å². The standard InChI is InChI=1S/C31H39FN4O4/c1-18-22-12-26(32)29(13-28(22)36(21-6-7-21)15-23(18)31(40)20-4-3-5-20)35-10-8-34(9-11-35)14-24-25(16-37)30(39)19(2)33-27(24)17-38/h12-13,15,18,21,37-40H,3-11,14,16-17H2,1-2H3. The maximum absolute atomic E-state index is 15.7. The first kappa shape index (κ1) is 27.1. The largest absolute Gasteiger partial charge is 0.508 e. The Morgan fingerprint density at radius 2 is 1.75 bits per heavy atom. The molecule has 8 nitrogen and oxygen atoms in total. The Kier molecular flexibility index (Phi) is 7.23. The summed E-state index contributed by atoms with van der Waals surface area (Å²) in [7, 11) is 0. The lowest BCUT2D eigenvalue weighted by atomic mass is 9.82. The zero-order chi connectivity index (χ0) is 28.1. The van der Waals surface area contributed by atoms with Gasteiger partial charge in [-0.3, -0.25) is 9.88 Å². The first-order valence-corrected chi connectivity index (χ1v) is 14.4. The van der Waals surface area contributed by atoms with E-state index in [2.05, 4.69) is 32.8 Å². The molecule has 4 N–H and O–H groups in total. The third kappa shape index (κ3) is 4.74.